The molecule has 1 aromatic carbocycles. The van der Waals surface area contributed by atoms with Crippen molar-refractivity contribution in [2.24, 2.45) is 0 Å². The largest absolute Gasteiger partial charge is 0.496 e. The molecule has 1 aliphatic rings. The molecule has 2 atom stereocenters. The summed E-state index contributed by atoms with van der Waals surface area (Å²) in [5, 5.41) is 3.21. The van der Waals surface area contributed by atoms with E-state index in [1.165, 1.54) is 7.11 Å². The summed E-state index contributed by atoms with van der Waals surface area (Å²) in [6.07, 6.45) is 1.00. The van der Waals surface area contributed by atoms with Gasteiger partial charge in [-0.1, -0.05) is 0 Å². The molecule has 1 N–H and O–H groups in total. The van der Waals surface area contributed by atoms with Crippen LogP contribution in [0.3, 0.4) is 0 Å². The van der Waals surface area contributed by atoms with Crippen molar-refractivity contribution in [1.82, 2.24) is 5.32 Å². The van der Waals surface area contributed by atoms with Gasteiger partial charge in [0.05, 0.1) is 14.2 Å². The van der Waals surface area contributed by atoms with E-state index in [2.05, 4.69) is 5.32 Å². The Labute approximate surface area is 125 Å². The quantitative estimate of drug-likeness (QED) is 0.844. The first-order valence-electron chi connectivity index (χ1n) is 7.17. The molecule has 0 saturated carbocycles. The lowest BCUT2D eigenvalue weighted by Crippen LogP contribution is -2.34. The molecule has 0 fully saturated rings. The predicted octanol–water partition coefficient (Wildman–Crippen LogP) is 2.23. The molecule has 0 amide bonds. The average molecular weight is 293 g/mol. The summed E-state index contributed by atoms with van der Waals surface area (Å²) in [5.74, 6) is 1.15. The Morgan fingerprint density at radius 1 is 1.38 bits per heavy atom. The fraction of sp³-hybridized carbons (Fsp3) is 0.562. The van der Waals surface area contributed by atoms with Gasteiger partial charge in [0.2, 0.25) is 0 Å². The molecule has 0 spiro atoms. The molecule has 2 unspecified atom stereocenters. The highest BCUT2D eigenvalue weighted by Gasteiger charge is 2.29. The molecule has 2 rings (SSSR count). The first kappa shape index (κ1) is 15.6. The Morgan fingerprint density at radius 2 is 2.10 bits per heavy atom. The minimum Gasteiger partial charge on any atom is -0.496 e. The van der Waals surface area contributed by atoms with E-state index in [4.69, 9.17) is 14.2 Å². The molecule has 5 nitrogen and oxygen atoms in total. The molecule has 1 heterocycles. The molecular weight excluding hydrogens is 270 g/mol. The van der Waals surface area contributed by atoms with E-state index >= 15 is 0 Å². The smallest absolute Gasteiger partial charge is 0.327 e. The summed E-state index contributed by atoms with van der Waals surface area (Å²) in [7, 11) is 2.99. The third kappa shape index (κ3) is 3.29. The number of nitrogens with one attached hydrogen (secondary N) is 1. The highest BCUT2D eigenvalue weighted by molar-refractivity contribution is 5.79. The van der Waals surface area contributed by atoms with Gasteiger partial charge in [-0.3, -0.25) is 5.32 Å². The Balaban J connectivity index is 2.44. The topological polar surface area (TPSA) is 56.8 Å². The van der Waals surface area contributed by atoms with E-state index in [0.29, 0.717) is 5.75 Å². The number of fused-ring (bicyclic) bond motifs is 1. The van der Waals surface area contributed by atoms with E-state index in [1.807, 2.05) is 32.9 Å². The molecule has 5 heteroatoms. The van der Waals surface area contributed by atoms with Crippen molar-refractivity contribution in [3.63, 3.8) is 0 Å². The van der Waals surface area contributed by atoms with E-state index in [0.717, 1.165) is 23.3 Å². The van der Waals surface area contributed by atoms with Gasteiger partial charge < -0.3 is 14.2 Å². The maximum absolute atomic E-state index is 12.1. The minimum absolute atomic E-state index is 0.131. The number of esters is 1. The molecular formula is C16H23NO4. The van der Waals surface area contributed by atoms with Crippen LogP contribution >= 0.6 is 0 Å². The van der Waals surface area contributed by atoms with Crippen molar-refractivity contribution < 1.29 is 19.0 Å². The van der Waals surface area contributed by atoms with Crippen LogP contribution in [-0.4, -0.2) is 32.3 Å². The molecule has 1 aliphatic heterocycles. The zero-order valence-electron chi connectivity index (χ0n) is 13.2. The monoisotopic (exact) mass is 293 g/mol. The van der Waals surface area contributed by atoms with Crippen molar-refractivity contribution in [1.29, 1.82) is 0 Å². The van der Waals surface area contributed by atoms with Gasteiger partial charge in [-0.2, -0.15) is 0 Å². The summed E-state index contributed by atoms with van der Waals surface area (Å²) < 4.78 is 16.1. The van der Waals surface area contributed by atoms with Gasteiger partial charge in [-0.05, 0) is 32.9 Å². The van der Waals surface area contributed by atoms with Gasteiger partial charge >= 0.3 is 5.97 Å². The number of methoxy groups -OCH3 is 2. The molecule has 1 aromatic rings. The predicted molar refractivity (Wildman–Crippen MR) is 79.8 cm³/mol. The Kier molecular flexibility index (Phi) is 4.73. The van der Waals surface area contributed by atoms with Crippen molar-refractivity contribution in [2.45, 2.75) is 45.4 Å². The van der Waals surface area contributed by atoms with Crippen LogP contribution in [0.1, 0.15) is 37.9 Å². The van der Waals surface area contributed by atoms with Crippen LogP contribution < -0.4 is 14.8 Å². The Bertz CT molecular complexity index is 527. The van der Waals surface area contributed by atoms with Crippen LogP contribution in [0, 0.1) is 0 Å². The van der Waals surface area contributed by atoms with E-state index in [1.54, 1.807) is 7.11 Å². The van der Waals surface area contributed by atoms with Crippen LogP contribution in [0.2, 0.25) is 0 Å². The lowest BCUT2D eigenvalue weighted by Gasteiger charge is -2.22. The summed E-state index contributed by atoms with van der Waals surface area (Å²) in [4.78, 5) is 12.1. The second kappa shape index (κ2) is 6.35. The van der Waals surface area contributed by atoms with Gasteiger partial charge in [-0.15, -0.1) is 0 Å². The summed E-state index contributed by atoms with van der Waals surface area (Å²) >= 11 is 0. The number of benzene rings is 1. The Morgan fingerprint density at radius 3 is 2.67 bits per heavy atom. The number of hydrogen-bond donors (Lipinski definition) is 1. The number of carbonyl (C=O) groups excluding carboxylic acids is 1. The molecule has 116 valence electrons. The number of rotatable bonds is 5. The normalized spacial score (nSPS) is 18.1. The molecule has 0 aliphatic carbocycles. The zero-order chi connectivity index (χ0) is 15.6. The van der Waals surface area contributed by atoms with Crippen LogP contribution in [-0.2, 0) is 16.0 Å². The fourth-order valence-corrected chi connectivity index (χ4v) is 2.59. The summed E-state index contributed by atoms with van der Waals surface area (Å²) in [6, 6.07) is 3.39. The summed E-state index contributed by atoms with van der Waals surface area (Å²) in [5.41, 5.74) is 1.85. The van der Waals surface area contributed by atoms with Crippen molar-refractivity contribution in [2.75, 3.05) is 14.2 Å². The van der Waals surface area contributed by atoms with E-state index in [9.17, 15) is 4.79 Å². The minimum atomic E-state index is -0.574. The van der Waals surface area contributed by atoms with Crippen LogP contribution in [0.15, 0.2) is 12.1 Å². The molecule has 0 saturated heterocycles. The average Bonchev–Trinajstić information content (AvgIpc) is 2.81. The highest BCUT2D eigenvalue weighted by Crippen LogP contribution is 2.38. The van der Waals surface area contributed by atoms with E-state index in [-0.39, 0.29) is 18.1 Å². The van der Waals surface area contributed by atoms with Crippen LogP contribution in [0.4, 0.5) is 0 Å². The fourth-order valence-electron chi connectivity index (χ4n) is 2.59. The van der Waals surface area contributed by atoms with E-state index < -0.39 is 6.04 Å². The Hall–Kier alpha value is -1.75. The van der Waals surface area contributed by atoms with Crippen molar-refractivity contribution in [3.8, 4) is 11.5 Å². The molecule has 0 aromatic heterocycles. The van der Waals surface area contributed by atoms with Gasteiger partial charge in [0, 0.05) is 23.6 Å². The van der Waals surface area contributed by atoms with Gasteiger partial charge in [0.1, 0.15) is 23.6 Å². The maximum atomic E-state index is 12.1. The molecule has 21 heavy (non-hydrogen) atoms. The highest BCUT2D eigenvalue weighted by atomic mass is 16.5. The second-order valence-corrected chi connectivity index (χ2v) is 5.61. The molecule has 0 radical (unpaired) electrons. The van der Waals surface area contributed by atoms with Crippen LogP contribution in [0.25, 0.3) is 0 Å². The lowest BCUT2D eigenvalue weighted by atomic mass is 10.0. The first-order chi connectivity index (χ1) is 9.96. The molecule has 0 bridgehead atoms. The SMILES string of the molecule is COC(=O)C(NC(C)C)c1cc2c(cc1OC)CC(C)O2. The first-order valence-corrected chi connectivity index (χ1v) is 7.17. The van der Waals surface area contributed by atoms with Gasteiger partial charge in [0.15, 0.2) is 0 Å². The third-order valence-electron chi connectivity index (χ3n) is 3.50. The van der Waals surface area contributed by atoms with Gasteiger partial charge in [-0.25, -0.2) is 4.79 Å². The third-order valence-corrected chi connectivity index (χ3v) is 3.50. The lowest BCUT2D eigenvalue weighted by molar-refractivity contribution is -0.143. The van der Waals surface area contributed by atoms with Crippen molar-refractivity contribution >= 4 is 5.97 Å². The van der Waals surface area contributed by atoms with Gasteiger partial charge in [0.25, 0.3) is 0 Å². The standard InChI is InChI=1S/C16H23NO4/c1-9(2)17-15(16(18)20-5)12-8-13-11(6-10(3)21-13)7-14(12)19-4/h7-10,15,17H,6H2,1-5H3. The van der Waals surface area contributed by atoms with Crippen molar-refractivity contribution in [3.05, 3.63) is 23.3 Å². The zero-order valence-corrected chi connectivity index (χ0v) is 13.2. The second-order valence-electron chi connectivity index (χ2n) is 5.61. The van der Waals surface area contributed by atoms with Crippen LogP contribution in [0.5, 0.6) is 11.5 Å². The number of carbonyl (C=O) groups is 1. The number of ether oxygens (including phenoxy) is 3. The summed E-state index contributed by atoms with van der Waals surface area (Å²) in [6.45, 7) is 5.99. The number of hydrogen-bond acceptors (Lipinski definition) is 5. The maximum Gasteiger partial charge on any atom is 0.327 e.